The average molecular weight is 560 g/mol. The third kappa shape index (κ3) is 3.47. The predicted octanol–water partition coefficient (Wildman–Crippen LogP) is 5.13. The second kappa shape index (κ2) is 8.49. The van der Waals surface area contributed by atoms with Gasteiger partial charge in [-0.05, 0) is 61.5 Å². The number of esters is 1. The zero-order valence-electron chi connectivity index (χ0n) is 24.3. The highest BCUT2D eigenvalue weighted by atomic mass is 16.7. The number of ketones is 1. The Morgan fingerprint density at radius 1 is 1.15 bits per heavy atom. The van der Waals surface area contributed by atoms with E-state index in [2.05, 4.69) is 18.8 Å². The Hall–Kier alpha value is -3.07. The van der Waals surface area contributed by atoms with E-state index < -0.39 is 40.9 Å². The predicted molar refractivity (Wildman–Crippen MR) is 148 cm³/mol. The molecule has 1 N–H and O–H groups in total. The van der Waals surface area contributed by atoms with Crippen LogP contribution in [-0.4, -0.2) is 52.0 Å². The van der Waals surface area contributed by atoms with Crippen molar-refractivity contribution in [3.63, 3.8) is 0 Å². The highest BCUT2D eigenvalue weighted by Gasteiger charge is 2.77. The summed E-state index contributed by atoms with van der Waals surface area (Å²) in [5.41, 5.74) is -1.15. The topological polar surface area (TPSA) is 108 Å². The van der Waals surface area contributed by atoms with Crippen molar-refractivity contribution in [1.29, 1.82) is 0 Å². The summed E-state index contributed by atoms with van der Waals surface area (Å²) >= 11 is 0. The van der Waals surface area contributed by atoms with Gasteiger partial charge in [0.15, 0.2) is 41.1 Å². The van der Waals surface area contributed by atoms with Gasteiger partial charge in [0.2, 0.25) is 0 Å². The van der Waals surface area contributed by atoms with E-state index in [0.717, 1.165) is 12.0 Å². The fourth-order valence-corrected chi connectivity index (χ4v) is 8.65. The Balaban J connectivity index is 1.35. The minimum absolute atomic E-state index is 0.00674. The van der Waals surface area contributed by atoms with Crippen molar-refractivity contribution in [2.24, 2.45) is 34.5 Å². The quantitative estimate of drug-likeness (QED) is 0.407. The summed E-state index contributed by atoms with van der Waals surface area (Å²) in [6, 6.07) is 9.19. The number of ether oxygens (including phenoxy) is 3. The molecule has 2 heterocycles. The van der Waals surface area contributed by atoms with Crippen LogP contribution < -0.4 is 0 Å². The molecule has 1 aromatic heterocycles. The molecule has 1 spiro atoms. The lowest BCUT2D eigenvalue weighted by Gasteiger charge is -2.52. The summed E-state index contributed by atoms with van der Waals surface area (Å²) in [6.07, 6.45) is 3.80. The summed E-state index contributed by atoms with van der Waals surface area (Å²) in [4.78, 5) is 32.8. The van der Waals surface area contributed by atoms with Crippen LogP contribution in [0.2, 0.25) is 0 Å². The number of hydrogen-bond donors (Lipinski definition) is 1. The van der Waals surface area contributed by atoms with Gasteiger partial charge in [0, 0.05) is 11.5 Å². The van der Waals surface area contributed by atoms with Crippen LogP contribution in [-0.2, 0) is 19.0 Å². The third-order valence-corrected chi connectivity index (χ3v) is 10.7. The monoisotopic (exact) mass is 559 g/mol. The van der Waals surface area contributed by atoms with Gasteiger partial charge in [-0.15, -0.1) is 0 Å². The Morgan fingerprint density at radius 2 is 1.88 bits per heavy atom. The van der Waals surface area contributed by atoms with Crippen molar-refractivity contribution in [2.45, 2.75) is 71.6 Å². The Labute approximate surface area is 239 Å². The lowest BCUT2D eigenvalue weighted by Crippen LogP contribution is -2.68. The van der Waals surface area contributed by atoms with Gasteiger partial charge in [0.1, 0.15) is 6.10 Å². The van der Waals surface area contributed by atoms with Crippen LogP contribution >= 0.6 is 0 Å². The number of aliphatic hydroxyl groups is 1. The number of Topliss-reactive ketones (excluding diaryl/α,β-unsaturated/α-hetero) is 1. The van der Waals surface area contributed by atoms with Gasteiger partial charge in [-0.3, -0.25) is 4.79 Å². The SMILES string of the molecule is CC1=C[C@]23C(=O)[C@@H](C=C4COC(C)(C)O[C@H]4[C@]2(O)[C@H]1OC(=O)c1ncoc1-c1ccccc1)[C@H]1[C@@H](C[C@H]3C)C1(C)C. The number of nitrogens with zero attached hydrogens (tertiary/aromatic N) is 1. The zero-order chi connectivity index (χ0) is 29.1. The zero-order valence-corrected chi connectivity index (χ0v) is 24.3. The van der Waals surface area contributed by atoms with Gasteiger partial charge in [-0.1, -0.05) is 63.3 Å². The van der Waals surface area contributed by atoms with E-state index >= 15 is 0 Å². The number of allylic oxidation sites excluding steroid dienone is 1. The second-order valence-corrected chi connectivity index (χ2v) is 13.7. The third-order valence-electron chi connectivity index (χ3n) is 10.7. The van der Waals surface area contributed by atoms with Gasteiger partial charge >= 0.3 is 5.97 Å². The standard InChI is InChI=1S/C33H37NO7/c1-17-14-32-18(2)12-22-23(30(22,3)4)21(26(32)35)13-20-15-39-31(5,6)41-28(20)33(32,37)27(17)40-29(36)24-25(38-16-34-24)19-10-8-7-9-11-19/h7-11,13-14,16,18,21-23,27-28,37H,12,15H2,1-6H3/t18-,21+,22-,23+,27+,28-,32+,33-/m1/s1. The summed E-state index contributed by atoms with van der Waals surface area (Å²) in [5, 5.41) is 13.2. The summed E-state index contributed by atoms with van der Waals surface area (Å²) in [5.74, 6) is -1.59. The first kappa shape index (κ1) is 26.8. The smallest absolute Gasteiger partial charge is 0.361 e. The number of aromatic nitrogens is 1. The minimum Gasteiger partial charge on any atom is -0.450 e. The maximum atomic E-state index is 14.8. The molecular weight excluding hydrogens is 522 g/mol. The molecule has 8 atom stereocenters. The molecule has 2 saturated carbocycles. The highest BCUT2D eigenvalue weighted by molar-refractivity contribution is 5.97. The van der Waals surface area contributed by atoms with E-state index in [4.69, 9.17) is 18.6 Å². The molecule has 4 aliphatic carbocycles. The molecule has 0 radical (unpaired) electrons. The fourth-order valence-electron chi connectivity index (χ4n) is 8.65. The number of benzene rings is 1. The minimum atomic E-state index is -1.89. The fraction of sp³-hybridized carbons (Fsp3) is 0.545. The molecule has 3 fully saturated rings. The number of fused-ring (bicyclic) bond motifs is 5. The molecule has 2 aromatic rings. The molecule has 1 saturated heterocycles. The van der Waals surface area contributed by atoms with E-state index in [0.29, 0.717) is 17.1 Å². The van der Waals surface area contributed by atoms with Gasteiger partial charge in [0.05, 0.1) is 12.0 Å². The van der Waals surface area contributed by atoms with Crippen LogP contribution in [0.15, 0.2) is 64.4 Å². The van der Waals surface area contributed by atoms with Crippen molar-refractivity contribution >= 4 is 11.8 Å². The number of hydrogen-bond acceptors (Lipinski definition) is 8. The van der Waals surface area contributed by atoms with Crippen LogP contribution in [0, 0.1) is 34.5 Å². The molecule has 8 nitrogen and oxygen atoms in total. The van der Waals surface area contributed by atoms with E-state index in [1.54, 1.807) is 13.8 Å². The second-order valence-electron chi connectivity index (χ2n) is 13.7. The van der Waals surface area contributed by atoms with Crippen LogP contribution in [0.1, 0.15) is 58.5 Å². The summed E-state index contributed by atoms with van der Waals surface area (Å²) < 4.78 is 24.3. The van der Waals surface area contributed by atoms with Gasteiger partial charge < -0.3 is 23.7 Å². The number of oxazole rings is 1. The molecule has 0 unspecified atom stereocenters. The molecular formula is C33H37NO7. The van der Waals surface area contributed by atoms with Crippen LogP contribution in [0.25, 0.3) is 11.3 Å². The van der Waals surface area contributed by atoms with Crippen LogP contribution in [0.4, 0.5) is 0 Å². The number of carbonyl (C=O) groups excluding carboxylic acids is 2. The highest BCUT2D eigenvalue weighted by Crippen LogP contribution is 2.72. The average Bonchev–Trinajstić information content (AvgIpc) is 3.21. The van der Waals surface area contributed by atoms with Gasteiger partial charge in [0.25, 0.3) is 0 Å². The van der Waals surface area contributed by atoms with Gasteiger partial charge in [-0.2, -0.15) is 0 Å². The molecule has 8 heteroatoms. The van der Waals surface area contributed by atoms with E-state index in [1.807, 2.05) is 56.3 Å². The van der Waals surface area contributed by atoms with Gasteiger partial charge in [-0.25, -0.2) is 9.78 Å². The number of rotatable bonds is 3. The molecule has 1 aromatic carbocycles. The lowest BCUT2D eigenvalue weighted by molar-refractivity contribution is -0.302. The van der Waals surface area contributed by atoms with Crippen molar-refractivity contribution in [1.82, 2.24) is 4.98 Å². The largest absolute Gasteiger partial charge is 0.450 e. The first-order valence-electron chi connectivity index (χ1n) is 14.5. The maximum absolute atomic E-state index is 14.8. The van der Waals surface area contributed by atoms with Crippen LogP contribution in [0.3, 0.4) is 0 Å². The molecule has 41 heavy (non-hydrogen) atoms. The molecule has 216 valence electrons. The Kier molecular flexibility index (Phi) is 5.55. The van der Waals surface area contributed by atoms with E-state index in [-0.39, 0.29) is 41.1 Å². The van der Waals surface area contributed by atoms with Crippen molar-refractivity contribution in [2.75, 3.05) is 6.61 Å². The summed E-state index contributed by atoms with van der Waals surface area (Å²) in [7, 11) is 0. The van der Waals surface area contributed by atoms with Crippen molar-refractivity contribution in [3.05, 3.63) is 65.7 Å². The van der Waals surface area contributed by atoms with E-state index in [9.17, 15) is 14.7 Å². The first-order valence-corrected chi connectivity index (χ1v) is 14.5. The Morgan fingerprint density at radius 3 is 2.61 bits per heavy atom. The van der Waals surface area contributed by atoms with Crippen molar-refractivity contribution < 1.29 is 33.3 Å². The van der Waals surface area contributed by atoms with Crippen molar-refractivity contribution in [3.8, 4) is 11.3 Å². The number of carbonyl (C=O) groups is 2. The maximum Gasteiger partial charge on any atom is 0.361 e. The molecule has 1 aliphatic heterocycles. The molecule has 2 bridgehead atoms. The Bertz CT molecular complexity index is 1500. The van der Waals surface area contributed by atoms with E-state index in [1.165, 1.54) is 6.39 Å². The molecule has 5 aliphatic rings. The summed E-state index contributed by atoms with van der Waals surface area (Å²) in [6.45, 7) is 12.1. The molecule has 7 rings (SSSR count). The van der Waals surface area contributed by atoms with Crippen LogP contribution in [0.5, 0.6) is 0 Å². The lowest BCUT2D eigenvalue weighted by atomic mass is 9.59. The molecule has 0 amide bonds. The first-order chi connectivity index (χ1) is 19.3. The normalized spacial score (nSPS) is 39.7.